The van der Waals surface area contributed by atoms with Crippen LogP contribution in [0.4, 0.5) is 4.39 Å². The molecule has 106 valence electrons. The summed E-state index contributed by atoms with van der Waals surface area (Å²) in [6.45, 7) is 2.19. The molecule has 0 aliphatic carbocycles. The molecule has 1 fully saturated rings. The molecule has 2 aromatic rings. The molecule has 1 aromatic heterocycles. The number of nitrogens with zero attached hydrogens (tertiary/aromatic N) is 2. The van der Waals surface area contributed by atoms with Crippen molar-refractivity contribution in [3.63, 3.8) is 0 Å². The van der Waals surface area contributed by atoms with E-state index >= 15 is 0 Å². The summed E-state index contributed by atoms with van der Waals surface area (Å²) in [5, 5.41) is 7.76. The molecule has 3 rings (SSSR count). The Hall–Kier alpha value is -1.68. The third kappa shape index (κ3) is 2.75. The average molecular weight is 273 g/mol. The van der Waals surface area contributed by atoms with Gasteiger partial charge in [-0.2, -0.15) is 5.10 Å². The molecule has 0 radical (unpaired) electrons. The van der Waals surface area contributed by atoms with Crippen LogP contribution in [0.3, 0.4) is 0 Å². The van der Waals surface area contributed by atoms with Gasteiger partial charge in [0.05, 0.1) is 6.20 Å². The SMILES string of the molecule is Cn1ncc(-c2cccc(F)c2)c1CC1CCNCC1. The minimum Gasteiger partial charge on any atom is -0.317 e. The highest BCUT2D eigenvalue weighted by Crippen LogP contribution is 2.27. The summed E-state index contributed by atoms with van der Waals surface area (Å²) in [6, 6.07) is 6.77. The van der Waals surface area contributed by atoms with Gasteiger partial charge in [0.25, 0.3) is 0 Å². The molecule has 1 saturated heterocycles. The number of aryl methyl sites for hydroxylation is 1. The highest BCUT2D eigenvalue weighted by molar-refractivity contribution is 5.65. The molecule has 4 heteroatoms. The smallest absolute Gasteiger partial charge is 0.123 e. The van der Waals surface area contributed by atoms with Crippen LogP contribution in [0.15, 0.2) is 30.5 Å². The van der Waals surface area contributed by atoms with E-state index in [2.05, 4.69) is 10.4 Å². The second-order valence-corrected chi connectivity index (χ2v) is 5.54. The molecule has 0 unspecified atom stereocenters. The molecule has 0 spiro atoms. The van der Waals surface area contributed by atoms with Gasteiger partial charge in [0.2, 0.25) is 0 Å². The Kier molecular flexibility index (Phi) is 3.83. The predicted molar refractivity (Wildman–Crippen MR) is 77.9 cm³/mol. The minimum absolute atomic E-state index is 0.195. The average Bonchev–Trinajstić information content (AvgIpc) is 2.82. The largest absolute Gasteiger partial charge is 0.317 e. The van der Waals surface area contributed by atoms with Gasteiger partial charge in [-0.3, -0.25) is 4.68 Å². The van der Waals surface area contributed by atoms with E-state index in [-0.39, 0.29) is 5.82 Å². The third-order valence-corrected chi connectivity index (χ3v) is 4.14. The van der Waals surface area contributed by atoms with Crippen molar-refractivity contribution in [3.05, 3.63) is 42.0 Å². The summed E-state index contributed by atoms with van der Waals surface area (Å²) in [5.41, 5.74) is 3.19. The van der Waals surface area contributed by atoms with E-state index in [1.807, 2.05) is 24.0 Å². The van der Waals surface area contributed by atoms with E-state index in [9.17, 15) is 4.39 Å². The van der Waals surface area contributed by atoms with Crippen LogP contribution in [-0.4, -0.2) is 22.9 Å². The molecule has 1 aliphatic rings. The Morgan fingerprint density at radius 2 is 2.15 bits per heavy atom. The van der Waals surface area contributed by atoms with Crippen LogP contribution in [0, 0.1) is 11.7 Å². The van der Waals surface area contributed by atoms with Crippen molar-refractivity contribution in [2.24, 2.45) is 13.0 Å². The topological polar surface area (TPSA) is 29.9 Å². The van der Waals surface area contributed by atoms with Crippen molar-refractivity contribution >= 4 is 0 Å². The van der Waals surface area contributed by atoms with Gasteiger partial charge in [-0.25, -0.2) is 4.39 Å². The molecule has 3 nitrogen and oxygen atoms in total. The molecule has 0 saturated carbocycles. The van der Waals surface area contributed by atoms with Crippen LogP contribution in [-0.2, 0) is 13.5 Å². The summed E-state index contributed by atoms with van der Waals surface area (Å²) >= 11 is 0. The van der Waals surface area contributed by atoms with Crippen LogP contribution >= 0.6 is 0 Å². The van der Waals surface area contributed by atoms with E-state index in [4.69, 9.17) is 0 Å². The fraction of sp³-hybridized carbons (Fsp3) is 0.438. The maximum absolute atomic E-state index is 13.4. The molecular weight excluding hydrogens is 253 g/mol. The maximum atomic E-state index is 13.4. The van der Waals surface area contributed by atoms with E-state index < -0.39 is 0 Å². The lowest BCUT2D eigenvalue weighted by atomic mass is 9.91. The first-order valence-corrected chi connectivity index (χ1v) is 7.21. The number of nitrogens with one attached hydrogen (secondary N) is 1. The van der Waals surface area contributed by atoms with Crippen molar-refractivity contribution in [1.29, 1.82) is 0 Å². The lowest BCUT2D eigenvalue weighted by molar-refractivity contribution is 0.366. The van der Waals surface area contributed by atoms with Gasteiger partial charge in [0.1, 0.15) is 5.82 Å². The number of piperidine rings is 1. The number of benzene rings is 1. The van der Waals surface area contributed by atoms with Crippen LogP contribution in [0.2, 0.25) is 0 Å². The normalized spacial score (nSPS) is 16.5. The van der Waals surface area contributed by atoms with Crippen molar-refractivity contribution in [2.75, 3.05) is 13.1 Å². The fourth-order valence-corrected chi connectivity index (χ4v) is 2.96. The van der Waals surface area contributed by atoms with Gasteiger partial charge in [-0.05, 0) is 56.0 Å². The quantitative estimate of drug-likeness (QED) is 0.932. The predicted octanol–water partition coefficient (Wildman–Crippen LogP) is 2.77. The Balaban J connectivity index is 1.88. The number of rotatable bonds is 3. The summed E-state index contributed by atoms with van der Waals surface area (Å²) in [6.07, 6.45) is 5.27. The van der Waals surface area contributed by atoms with Gasteiger partial charge in [-0.1, -0.05) is 12.1 Å². The lowest BCUT2D eigenvalue weighted by Crippen LogP contribution is -2.29. The minimum atomic E-state index is -0.195. The number of aromatic nitrogens is 2. The van der Waals surface area contributed by atoms with Crippen LogP contribution < -0.4 is 5.32 Å². The second-order valence-electron chi connectivity index (χ2n) is 5.54. The zero-order valence-electron chi connectivity index (χ0n) is 11.8. The third-order valence-electron chi connectivity index (χ3n) is 4.14. The summed E-state index contributed by atoms with van der Waals surface area (Å²) < 4.78 is 15.3. The highest BCUT2D eigenvalue weighted by atomic mass is 19.1. The van der Waals surface area contributed by atoms with E-state index in [0.717, 1.165) is 30.6 Å². The van der Waals surface area contributed by atoms with Crippen LogP contribution in [0.5, 0.6) is 0 Å². The van der Waals surface area contributed by atoms with Gasteiger partial charge in [-0.15, -0.1) is 0 Å². The van der Waals surface area contributed by atoms with Crippen LogP contribution in [0.1, 0.15) is 18.5 Å². The molecule has 1 aromatic carbocycles. The van der Waals surface area contributed by atoms with Crippen LogP contribution in [0.25, 0.3) is 11.1 Å². The Labute approximate surface area is 118 Å². The first kappa shape index (κ1) is 13.3. The Morgan fingerprint density at radius 1 is 1.35 bits per heavy atom. The van der Waals surface area contributed by atoms with E-state index in [1.54, 1.807) is 12.1 Å². The van der Waals surface area contributed by atoms with Gasteiger partial charge in [0.15, 0.2) is 0 Å². The second kappa shape index (κ2) is 5.75. The monoisotopic (exact) mass is 273 g/mol. The van der Waals surface area contributed by atoms with Gasteiger partial charge < -0.3 is 5.32 Å². The highest BCUT2D eigenvalue weighted by Gasteiger charge is 2.18. The number of halogens is 1. The number of hydrogen-bond donors (Lipinski definition) is 1. The van der Waals surface area contributed by atoms with E-state index in [0.29, 0.717) is 5.92 Å². The summed E-state index contributed by atoms with van der Waals surface area (Å²) in [4.78, 5) is 0. The summed E-state index contributed by atoms with van der Waals surface area (Å²) in [5.74, 6) is 0.498. The zero-order chi connectivity index (χ0) is 13.9. The molecule has 2 heterocycles. The maximum Gasteiger partial charge on any atom is 0.123 e. The molecule has 1 N–H and O–H groups in total. The van der Waals surface area contributed by atoms with Crippen molar-refractivity contribution in [2.45, 2.75) is 19.3 Å². The zero-order valence-corrected chi connectivity index (χ0v) is 11.8. The van der Waals surface area contributed by atoms with Crippen molar-refractivity contribution in [1.82, 2.24) is 15.1 Å². The molecule has 0 atom stereocenters. The first-order valence-electron chi connectivity index (χ1n) is 7.21. The lowest BCUT2D eigenvalue weighted by Gasteiger charge is -2.23. The molecule has 20 heavy (non-hydrogen) atoms. The van der Waals surface area contributed by atoms with Gasteiger partial charge >= 0.3 is 0 Å². The standard InChI is InChI=1S/C16H20FN3/c1-20-16(9-12-5-7-18-8-6-12)15(11-19-20)13-3-2-4-14(17)10-13/h2-4,10-12,18H,5-9H2,1H3. The van der Waals surface area contributed by atoms with Crippen molar-refractivity contribution < 1.29 is 4.39 Å². The van der Waals surface area contributed by atoms with Gasteiger partial charge in [0, 0.05) is 18.3 Å². The Bertz CT molecular complexity index is 585. The first-order chi connectivity index (χ1) is 9.74. The molecule has 0 amide bonds. The Morgan fingerprint density at radius 3 is 2.90 bits per heavy atom. The number of hydrogen-bond acceptors (Lipinski definition) is 2. The van der Waals surface area contributed by atoms with E-state index in [1.165, 1.54) is 24.6 Å². The fourth-order valence-electron chi connectivity index (χ4n) is 2.96. The molecule has 0 bridgehead atoms. The summed E-state index contributed by atoms with van der Waals surface area (Å²) in [7, 11) is 1.97. The van der Waals surface area contributed by atoms with Crippen molar-refractivity contribution in [3.8, 4) is 11.1 Å². The molecule has 1 aliphatic heterocycles. The molecular formula is C16H20FN3.